The minimum Gasteiger partial charge on any atom is -0.356 e. The summed E-state index contributed by atoms with van der Waals surface area (Å²) >= 11 is 5.90. The van der Waals surface area contributed by atoms with Crippen LogP contribution < -0.4 is 5.32 Å². The Hall–Kier alpha value is -1.92. The third-order valence-corrected chi connectivity index (χ3v) is 4.97. The van der Waals surface area contributed by atoms with E-state index in [0.29, 0.717) is 23.3 Å². The van der Waals surface area contributed by atoms with Crippen LogP contribution in [-0.2, 0) is 11.3 Å². The smallest absolute Gasteiger partial charge is 0.241 e. The van der Waals surface area contributed by atoms with Crippen molar-refractivity contribution in [3.8, 4) is 11.4 Å². The zero-order valence-electron chi connectivity index (χ0n) is 15.1. The van der Waals surface area contributed by atoms with Crippen molar-refractivity contribution in [2.75, 3.05) is 19.6 Å². The Morgan fingerprint density at radius 1 is 1.31 bits per heavy atom. The van der Waals surface area contributed by atoms with E-state index in [2.05, 4.69) is 27.3 Å². The molecule has 6 nitrogen and oxygen atoms in total. The molecule has 3 rings (SSSR count). The summed E-state index contributed by atoms with van der Waals surface area (Å²) in [5, 5.41) is 7.76. The first-order valence-electron chi connectivity index (χ1n) is 9.24. The van der Waals surface area contributed by atoms with Crippen molar-refractivity contribution in [1.82, 2.24) is 20.4 Å². The number of piperidine rings is 1. The second-order valence-corrected chi connectivity index (χ2v) is 7.15. The summed E-state index contributed by atoms with van der Waals surface area (Å²) in [5.74, 6) is 1.49. The first-order chi connectivity index (χ1) is 12.7. The van der Waals surface area contributed by atoms with Crippen molar-refractivity contribution in [3.05, 3.63) is 35.2 Å². The standard InChI is InChI=1S/C19H25ClN4O2/c1-2-3-10-21-19(25)15-8-11-24(12-9-15)13-17-22-18(23-26-17)14-4-6-16(20)7-5-14/h4-7,15H,2-3,8-13H2,1H3,(H,21,25). The van der Waals surface area contributed by atoms with Crippen LogP contribution >= 0.6 is 11.6 Å². The van der Waals surface area contributed by atoms with Crippen molar-refractivity contribution in [3.63, 3.8) is 0 Å². The van der Waals surface area contributed by atoms with Gasteiger partial charge in [-0.1, -0.05) is 30.1 Å². The number of rotatable bonds is 7. The lowest BCUT2D eigenvalue weighted by molar-refractivity contribution is -0.126. The normalized spacial score (nSPS) is 15.9. The van der Waals surface area contributed by atoms with E-state index in [4.69, 9.17) is 16.1 Å². The van der Waals surface area contributed by atoms with Crippen molar-refractivity contribution < 1.29 is 9.32 Å². The third-order valence-electron chi connectivity index (χ3n) is 4.72. The molecule has 7 heteroatoms. The largest absolute Gasteiger partial charge is 0.356 e. The second kappa shape index (κ2) is 9.14. The molecule has 1 amide bonds. The van der Waals surface area contributed by atoms with Gasteiger partial charge in [-0.2, -0.15) is 4.98 Å². The molecule has 140 valence electrons. The van der Waals surface area contributed by atoms with Gasteiger partial charge >= 0.3 is 0 Å². The average molecular weight is 377 g/mol. The highest BCUT2D eigenvalue weighted by Crippen LogP contribution is 2.21. The number of benzene rings is 1. The Kier molecular flexibility index (Phi) is 6.63. The molecule has 2 aromatic rings. The molecule has 0 bridgehead atoms. The lowest BCUT2D eigenvalue weighted by Gasteiger charge is -2.30. The molecule has 0 aliphatic carbocycles. The number of aromatic nitrogens is 2. The van der Waals surface area contributed by atoms with Crippen molar-refractivity contribution in [1.29, 1.82) is 0 Å². The van der Waals surface area contributed by atoms with Crippen molar-refractivity contribution in [2.45, 2.75) is 39.2 Å². The number of hydrogen-bond donors (Lipinski definition) is 1. The van der Waals surface area contributed by atoms with E-state index < -0.39 is 0 Å². The highest BCUT2D eigenvalue weighted by molar-refractivity contribution is 6.30. The van der Waals surface area contributed by atoms with Crippen LogP contribution in [0.2, 0.25) is 5.02 Å². The van der Waals surface area contributed by atoms with Crippen LogP contribution in [0.5, 0.6) is 0 Å². The summed E-state index contributed by atoms with van der Waals surface area (Å²) in [7, 11) is 0. The van der Waals surface area contributed by atoms with Crippen molar-refractivity contribution >= 4 is 17.5 Å². The maximum atomic E-state index is 12.1. The van der Waals surface area contributed by atoms with E-state index in [0.717, 1.165) is 50.9 Å². The lowest BCUT2D eigenvalue weighted by Crippen LogP contribution is -2.40. The number of nitrogens with one attached hydrogen (secondary N) is 1. The van der Waals surface area contributed by atoms with Crippen LogP contribution in [0.25, 0.3) is 11.4 Å². The molecule has 0 atom stereocenters. The topological polar surface area (TPSA) is 71.3 Å². The Balaban J connectivity index is 1.47. The summed E-state index contributed by atoms with van der Waals surface area (Å²) < 4.78 is 5.38. The van der Waals surface area contributed by atoms with Gasteiger partial charge in [0.1, 0.15) is 0 Å². The summed E-state index contributed by atoms with van der Waals surface area (Å²) in [5.41, 5.74) is 0.881. The predicted molar refractivity (Wildman–Crippen MR) is 101 cm³/mol. The molecular formula is C19H25ClN4O2. The fourth-order valence-electron chi connectivity index (χ4n) is 3.11. The van der Waals surface area contributed by atoms with Crippen LogP contribution in [0.3, 0.4) is 0 Å². The van der Waals surface area contributed by atoms with Gasteiger partial charge in [-0.15, -0.1) is 0 Å². The molecule has 0 saturated carbocycles. The van der Waals surface area contributed by atoms with E-state index in [-0.39, 0.29) is 11.8 Å². The van der Waals surface area contributed by atoms with Gasteiger partial charge in [0.25, 0.3) is 0 Å². The van der Waals surface area contributed by atoms with Gasteiger partial charge in [-0.3, -0.25) is 9.69 Å². The van der Waals surface area contributed by atoms with Gasteiger partial charge in [-0.05, 0) is 56.6 Å². The van der Waals surface area contributed by atoms with E-state index in [9.17, 15) is 4.79 Å². The molecule has 1 aromatic carbocycles. The number of hydrogen-bond acceptors (Lipinski definition) is 5. The molecular weight excluding hydrogens is 352 g/mol. The quantitative estimate of drug-likeness (QED) is 0.748. The number of likely N-dealkylation sites (tertiary alicyclic amines) is 1. The Morgan fingerprint density at radius 3 is 2.73 bits per heavy atom. The lowest BCUT2D eigenvalue weighted by atomic mass is 9.96. The maximum Gasteiger partial charge on any atom is 0.241 e. The molecule has 26 heavy (non-hydrogen) atoms. The number of carbonyl (C=O) groups excluding carboxylic acids is 1. The number of amides is 1. The molecule has 2 heterocycles. The summed E-state index contributed by atoms with van der Waals surface area (Å²) in [6, 6.07) is 7.37. The van der Waals surface area contributed by atoms with E-state index >= 15 is 0 Å². The van der Waals surface area contributed by atoms with Crippen LogP contribution in [0, 0.1) is 5.92 Å². The molecule has 1 N–H and O–H groups in total. The van der Waals surface area contributed by atoms with Crippen LogP contribution in [0.15, 0.2) is 28.8 Å². The van der Waals surface area contributed by atoms with E-state index in [1.54, 1.807) is 0 Å². The number of unbranched alkanes of at least 4 members (excludes halogenated alkanes) is 1. The molecule has 0 unspecified atom stereocenters. The predicted octanol–water partition coefficient (Wildman–Crippen LogP) is 3.52. The molecule has 1 fully saturated rings. The molecule has 0 spiro atoms. The minimum atomic E-state index is 0.121. The second-order valence-electron chi connectivity index (χ2n) is 6.71. The van der Waals surface area contributed by atoms with E-state index in [1.165, 1.54) is 0 Å². The zero-order chi connectivity index (χ0) is 18.4. The zero-order valence-corrected chi connectivity index (χ0v) is 15.8. The van der Waals surface area contributed by atoms with Gasteiger partial charge in [0.2, 0.25) is 17.6 Å². The van der Waals surface area contributed by atoms with Crippen LogP contribution in [0.4, 0.5) is 0 Å². The highest BCUT2D eigenvalue weighted by Gasteiger charge is 2.25. The first kappa shape index (κ1) is 18.9. The summed E-state index contributed by atoms with van der Waals surface area (Å²) in [4.78, 5) is 18.9. The monoisotopic (exact) mass is 376 g/mol. The molecule has 0 radical (unpaired) electrons. The fraction of sp³-hybridized carbons (Fsp3) is 0.526. The van der Waals surface area contributed by atoms with E-state index in [1.807, 2.05) is 24.3 Å². The summed E-state index contributed by atoms with van der Waals surface area (Å²) in [6.45, 7) is 5.26. The third kappa shape index (κ3) is 5.05. The first-order valence-corrected chi connectivity index (χ1v) is 9.62. The SMILES string of the molecule is CCCCNC(=O)C1CCN(Cc2nc(-c3ccc(Cl)cc3)no2)CC1. The fourth-order valence-corrected chi connectivity index (χ4v) is 3.24. The van der Waals surface area contributed by atoms with Crippen LogP contribution in [0.1, 0.15) is 38.5 Å². The minimum absolute atomic E-state index is 0.121. The van der Waals surface area contributed by atoms with Gasteiger partial charge in [-0.25, -0.2) is 0 Å². The molecule has 1 aromatic heterocycles. The maximum absolute atomic E-state index is 12.1. The van der Waals surface area contributed by atoms with Crippen molar-refractivity contribution in [2.24, 2.45) is 5.92 Å². The van der Waals surface area contributed by atoms with Gasteiger partial charge in [0.05, 0.1) is 6.54 Å². The Bertz CT molecular complexity index is 709. The summed E-state index contributed by atoms with van der Waals surface area (Å²) in [6.07, 6.45) is 3.88. The highest BCUT2D eigenvalue weighted by atomic mass is 35.5. The van der Waals surface area contributed by atoms with Crippen LogP contribution in [-0.4, -0.2) is 40.6 Å². The average Bonchev–Trinajstić information content (AvgIpc) is 3.11. The number of carbonyl (C=O) groups is 1. The molecule has 1 aliphatic heterocycles. The number of nitrogens with zero attached hydrogens (tertiary/aromatic N) is 3. The van der Waals surface area contributed by atoms with Gasteiger partial charge in [0, 0.05) is 23.0 Å². The van der Waals surface area contributed by atoms with Gasteiger partial charge < -0.3 is 9.84 Å². The number of halogens is 1. The Labute approximate surface area is 158 Å². The Morgan fingerprint density at radius 2 is 2.04 bits per heavy atom. The van der Waals surface area contributed by atoms with Gasteiger partial charge in [0.15, 0.2) is 0 Å². The molecule has 1 saturated heterocycles. The molecule has 1 aliphatic rings.